The number of aromatic nitrogens is 3. The smallest absolute Gasteiger partial charge is 0.345 e. The Morgan fingerprint density at radius 1 is 1.25 bits per heavy atom. The average Bonchev–Trinajstić information content (AvgIpc) is 2.89. The van der Waals surface area contributed by atoms with Gasteiger partial charge in [-0.3, -0.25) is 4.57 Å². The van der Waals surface area contributed by atoms with Crippen LogP contribution in [-0.4, -0.2) is 59.6 Å². The largest absolute Gasteiger partial charge is 0.383 e. The molecule has 0 spiro atoms. The van der Waals surface area contributed by atoms with E-state index in [2.05, 4.69) is 5.10 Å². The van der Waals surface area contributed by atoms with Crippen molar-refractivity contribution >= 4 is 10.0 Å². The molecule has 1 aromatic heterocycles. The van der Waals surface area contributed by atoms with Gasteiger partial charge in [0.2, 0.25) is 10.0 Å². The number of rotatable bonds is 8. The van der Waals surface area contributed by atoms with Gasteiger partial charge >= 0.3 is 5.69 Å². The van der Waals surface area contributed by atoms with Crippen LogP contribution >= 0.6 is 0 Å². The Hall–Kier alpha value is -1.19. The van der Waals surface area contributed by atoms with Gasteiger partial charge in [-0.25, -0.2) is 22.2 Å². The van der Waals surface area contributed by atoms with Crippen molar-refractivity contribution in [2.75, 3.05) is 32.6 Å². The second-order valence-corrected chi connectivity index (χ2v) is 8.18. The molecule has 2 rings (SSSR count). The van der Waals surface area contributed by atoms with Crippen molar-refractivity contribution in [1.29, 1.82) is 0 Å². The van der Waals surface area contributed by atoms with Gasteiger partial charge in [-0.05, 0) is 26.2 Å². The first kappa shape index (κ1) is 19.1. The number of ether oxygens (including phenoxy) is 1. The van der Waals surface area contributed by atoms with Crippen LogP contribution in [0.2, 0.25) is 0 Å². The number of sulfonamides is 1. The van der Waals surface area contributed by atoms with Gasteiger partial charge in [0.1, 0.15) is 5.82 Å². The van der Waals surface area contributed by atoms with E-state index < -0.39 is 10.0 Å². The van der Waals surface area contributed by atoms with E-state index in [1.165, 1.54) is 4.68 Å². The molecule has 0 N–H and O–H groups in total. The molecule has 0 aromatic carbocycles. The Morgan fingerprint density at radius 2 is 1.92 bits per heavy atom. The molecule has 8 nitrogen and oxygen atoms in total. The Bertz CT molecular complexity index is 687. The predicted molar refractivity (Wildman–Crippen MR) is 91.7 cm³/mol. The summed E-state index contributed by atoms with van der Waals surface area (Å²) in [6, 6.07) is 0. The molecule has 24 heavy (non-hydrogen) atoms. The van der Waals surface area contributed by atoms with Crippen LogP contribution in [0, 0.1) is 0 Å². The zero-order valence-electron chi connectivity index (χ0n) is 14.8. The van der Waals surface area contributed by atoms with E-state index >= 15 is 0 Å². The standard InChI is InChI=1S/C15H28N4O4S/c1-4-12-24(21,22)17-8-6-13(7-9-17)14-16-19(10-11-23-3)15(20)18(14)5-2/h13H,4-12H2,1-3H3. The molecule has 2 heterocycles. The van der Waals surface area contributed by atoms with Crippen molar-refractivity contribution < 1.29 is 13.2 Å². The van der Waals surface area contributed by atoms with Gasteiger partial charge in [-0.2, -0.15) is 5.10 Å². The Kier molecular flexibility index (Phi) is 6.59. The molecule has 0 unspecified atom stereocenters. The fourth-order valence-electron chi connectivity index (χ4n) is 3.16. The first-order chi connectivity index (χ1) is 11.4. The van der Waals surface area contributed by atoms with Crippen molar-refractivity contribution in [3.63, 3.8) is 0 Å². The second kappa shape index (κ2) is 8.26. The van der Waals surface area contributed by atoms with E-state index in [9.17, 15) is 13.2 Å². The highest BCUT2D eigenvalue weighted by molar-refractivity contribution is 7.89. The van der Waals surface area contributed by atoms with Crippen molar-refractivity contribution in [2.24, 2.45) is 0 Å². The van der Waals surface area contributed by atoms with E-state index in [-0.39, 0.29) is 17.4 Å². The number of hydrogen-bond acceptors (Lipinski definition) is 5. The van der Waals surface area contributed by atoms with Crippen LogP contribution in [-0.2, 0) is 27.8 Å². The highest BCUT2D eigenvalue weighted by atomic mass is 32.2. The SMILES string of the molecule is CCCS(=O)(=O)N1CCC(c2nn(CCOC)c(=O)n2CC)CC1. The second-order valence-electron chi connectivity index (χ2n) is 6.09. The van der Waals surface area contributed by atoms with E-state index in [4.69, 9.17) is 4.74 Å². The lowest BCUT2D eigenvalue weighted by Crippen LogP contribution is -2.39. The molecular formula is C15H28N4O4S. The molecule has 1 aromatic rings. The molecule has 9 heteroatoms. The van der Waals surface area contributed by atoms with Crippen molar-refractivity contribution in [1.82, 2.24) is 18.7 Å². The van der Waals surface area contributed by atoms with Crippen molar-refractivity contribution in [3.05, 3.63) is 16.3 Å². The topological polar surface area (TPSA) is 86.4 Å². The summed E-state index contributed by atoms with van der Waals surface area (Å²) < 4.78 is 34.1. The third kappa shape index (κ3) is 4.07. The van der Waals surface area contributed by atoms with Gasteiger partial charge in [0, 0.05) is 32.7 Å². The van der Waals surface area contributed by atoms with Gasteiger partial charge in [0.25, 0.3) is 0 Å². The summed E-state index contributed by atoms with van der Waals surface area (Å²) in [5, 5.41) is 4.48. The molecule has 0 aliphatic carbocycles. The molecule has 0 bridgehead atoms. The maximum atomic E-state index is 12.4. The van der Waals surface area contributed by atoms with Crippen LogP contribution in [0.25, 0.3) is 0 Å². The Balaban J connectivity index is 2.13. The number of piperidine rings is 1. The normalized spacial score (nSPS) is 17.5. The molecule has 0 radical (unpaired) electrons. The lowest BCUT2D eigenvalue weighted by molar-refractivity contribution is 0.182. The fourth-order valence-corrected chi connectivity index (χ4v) is 4.70. The third-order valence-corrected chi connectivity index (χ3v) is 6.53. The minimum atomic E-state index is -3.15. The molecule has 138 valence electrons. The van der Waals surface area contributed by atoms with Gasteiger partial charge in [-0.1, -0.05) is 6.92 Å². The monoisotopic (exact) mass is 360 g/mol. The fraction of sp³-hybridized carbons (Fsp3) is 0.867. The molecule has 1 saturated heterocycles. The summed E-state index contributed by atoms with van der Waals surface area (Å²) in [7, 11) is -1.55. The summed E-state index contributed by atoms with van der Waals surface area (Å²) in [4.78, 5) is 12.4. The molecule has 1 aliphatic heterocycles. The van der Waals surface area contributed by atoms with E-state index in [0.29, 0.717) is 52.0 Å². The molecule has 0 atom stereocenters. The highest BCUT2D eigenvalue weighted by Gasteiger charge is 2.31. The quantitative estimate of drug-likeness (QED) is 0.679. The third-order valence-electron chi connectivity index (χ3n) is 4.45. The zero-order valence-corrected chi connectivity index (χ0v) is 15.6. The number of methoxy groups -OCH3 is 1. The van der Waals surface area contributed by atoms with Gasteiger partial charge in [-0.15, -0.1) is 0 Å². The van der Waals surface area contributed by atoms with Gasteiger partial charge in [0.05, 0.1) is 18.9 Å². The van der Waals surface area contributed by atoms with Crippen LogP contribution in [0.3, 0.4) is 0 Å². The lowest BCUT2D eigenvalue weighted by atomic mass is 9.97. The summed E-state index contributed by atoms with van der Waals surface area (Å²) in [6.45, 7) is 6.22. The lowest BCUT2D eigenvalue weighted by Gasteiger charge is -2.30. The molecule has 0 saturated carbocycles. The van der Waals surface area contributed by atoms with Crippen LogP contribution in [0.4, 0.5) is 0 Å². The number of hydrogen-bond donors (Lipinski definition) is 0. The summed E-state index contributed by atoms with van der Waals surface area (Å²) >= 11 is 0. The minimum Gasteiger partial charge on any atom is -0.383 e. The van der Waals surface area contributed by atoms with Gasteiger partial charge in [0.15, 0.2) is 0 Å². The summed E-state index contributed by atoms with van der Waals surface area (Å²) in [5.74, 6) is 1.09. The Morgan fingerprint density at radius 3 is 2.46 bits per heavy atom. The molecule has 1 aliphatic rings. The maximum Gasteiger partial charge on any atom is 0.345 e. The maximum absolute atomic E-state index is 12.4. The van der Waals surface area contributed by atoms with Crippen molar-refractivity contribution in [3.8, 4) is 0 Å². The zero-order chi connectivity index (χ0) is 17.7. The van der Waals surface area contributed by atoms with E-state index in [1.807, 2.05) is 13.8 Å². The molecule has 1 fully saturated rings. The molecule has 0 amide bonds. The van der Waals surface area contributed by atoms with Crippen LogP contribution in [0.15, 0.2) is 4.79 Å². The average molecular weight is 360 g/mol. The summed E-state index contributed by atoms with van der Waals surface area (Å²) in [6.07, 6.45) is 2.02. The highest BCUT2D eigenvalue weighted by Crippen LogP contribution is 2.27. The summed E-state index contributed by atoms with van der Waals surface area (Å²) in [5.41, 5.74) is -0.120. The van der Waals surface area contributed by atoms with Crippen LogP contribution in [0.5, 0.6) is 0 Å². The molecular weight excluding hydrogens is 332 g/mol. The minimum absolute atomic E-state index is 0.120. The van der Waals surface area contributed by atoms with E-state index in [0.717, 1.165) is 5.82 Å². The van der Waals surface area contributed by atoms with Crippen LogP contribution < -0.4 is 5.69 Å². The predicted octanol–water partition coefficient (Wildman–Crippen LogP) is 0.630. The van der Waals surface area contributed by atoms with Crippen LogP contribution in [0.1, 0.15) is 44.9 Å². The Labute approximate surface area is 143 Å². The first-order valence-corrected chi connectivity index (χ1v) is 10.2. The van der Waals surface area contributed by atoms with Crippen molar-refractivity contribution in [2.45, 2.75) is 52.1 Å². The first-order valence-electron chi connectivity index (χ1n) is 8.58. The number of nitrogens with zero attached hydrogens (tertiary/aromatic N) is 4. The van der Waals surface area contributed by atoms with E-state index in [1.54, 1.807) is 16.0 Å². The van der Waals surface area contributed by atoms with Gasteiger partial charge < -0.3 is 4.74 Å².